The van der Waals surface area contributed by atoms with Crippen molar-refractivity contribution in [2.75, 3.05) is 13.1 Å². The number of sulfonamides is 1. The molecule has 0 spiro atoms. The van der Waals surface area contributed by atoms with Gasteiger partial charge in [0.05, 0.1) is 10.8 Å². The van der Waals surface area contributed by atoms with Crippen LogP contribution in [0.1, 0.15) is 49.0 Å². The van der Waals surface area contributed by atoms with Crippen LogP contribution in [0, 0.1) is 0 Å². The molecular weight excluding hydrogens is 322 g/mol. The molecule has 1 N–H and O–H groups in total. The molecule has 2 aliphatic rings. The van der Waals surface area contributed by atoms with E-state index in [0.717, 1.165) is 25.7 Å². The predicted octanol–water partition coefficient (Wildman–Crippen LogP) is 1.61. The van der Waals surface area contributed by atoms with Gasteiger partial charge in [0.25, 0.3) is 5.91 Å². The van der Waals surface area contributed by atoms with Crippen LogP contribution < -0.4 is 4.72 Å². The molecule has 3 rings (SSSR count). The topological polar surface area (TPSA) is 79.4 Å². The number of nitrogens with one attached hydrogen (secondary N) is 1. The van der Waals surface area contributed by atoms with Crippen molar-refractivity contribution >= 4 is 27.3 Å². The summed E-state index contributed by atoms with van der Waals surface area (Å²) in [6.45, 7) is 0.865. The van der Waals surface area contributed by atoms with Crippen LogP contribution in [0.2, 0.25) is 0 Å². The third-order valence-corrected chi connectivity index (χ3v) is 6.95. The van der Waals surface area contributed by atoms with Gasteiger partial charge in [0.1, 0.15) is 5.69 Å². The van der Waals surface area contributed by atoms with Gasteiger partial charge in [-0.05, 0) is 25.7 Å². The van der Waals surface area contributed by atoms with E-state index in [9.17, 15) is 13.2 Å². The van der Waals surface area contributed by atoms with E-state index in [2.05, 4.69) is 9.71 Å². The van der Waals surface area contributed by atoms with Crippen LogP contribution in [0.4, 0.5) is 0 Å². The third kappa shape index (κ3) is 3.49. The van der Waals surface area contributed by atoms with Gasteiger partial charge in [0, 0.05) is 24.5 Å². The summed E-state index contributed by atoms with van der Waals surface area (Å²) >= 11 is 1.37. The van der Waals surface area contributed by atoms with Crippen molar-refractivity contribution < 1.29 is 13.2 Å². The molecule has 22 heavy (non-hydrogen) atoms. The Labute approximate surface area is 135 Å². The number of thiazole rings is 1. The highest BCUT2D eigenvalue weighted by Crippen LogP contribution is 2.23. The van der Waals surface area contributed by atoms with Gasteiger partial charge in [-0.3, -0.25) is 4.79 Å². The first-order valence-corrected chi connectivity index (χ1v) is 10.2. The van der Waals surface area contributed by atoms with Crippen LogP contribution >= 0.6 is 11.3 Å². The highest BCUT2D eigenvalue weighted by atomic mass is 32.2. The van der Waals surface area contributed by atoms with Gasteiger partial charge in [-0.25, -0.2) is 18.1 Å². The number of nitrogens with zero attached hydrogens (tertiary/aromatic N) is 2. The highest BCUT2D eigenvalue weighted by Gasteiger charge is 2.35. The number of hydrogen-bond donors (Lipinski definition) is 1. The molecule has 2 fully saturated rings. The van der Waals surface area contributed by atoms with E-state index in [4.69, 9.17) is 0 Å². The van der Waals surface area contributed by atoms with E-state index in [1.54, 1.807) is 15.8 Å². The Morgan fingerprint density at radius 1 is 1.27 bits per heavy atom. The van der Waals surface area contributed by atoms with Crippen LogP contribution in [0.5, 0.6) is 0 Å². The average molecular weight is 343 g/mol. The second-order valence-corrected chi connectivity index (χ2v) is 8.74. The maximum atomic E-state index is 12.5. The lowest BCUT2D eigenvalue weighted by Gasteiger charge is -2.32. The van der Waals surface area contributed by atoms with E-state index in [0.29, 0.717) is 25.1 Å². The first-order valence-electron chi connectivity index (χ1n) is 7.75. The Hall–Kier alpha value is -0.990. The average Bonchev–Trinajstić information content (AvgIpc) is 3.19. The maximum absolute atomic E-state index is 12.5. The third-order valence-electron chi connectivity index (χ3n) is 4.44. The molecule has 8 heteroatoms. The quantitative estimate of drug-likeness (QED) is 0.901. The number of rotatable bonds is 4. The Kier molecular flexibility index (Phi) is 4.79. The summed E-state index contributed by atoms with van der Waals surface area (Å²) in [5.74, 6) is -0.165. The molecule has 0 radical (unpaired) electrons. The minimum Gasteiger partial charge on any atom is -0.336 e. The van der Waals surface area contributed by atoms with E-state index in [-0.39, 0.29) is 18.5 Å². The first-order chi connectivity index (χ1) is 10.6. The summed E-state index contributed by atoms with van der Waals surface area (Å²) in [4.78, 5) is 18.0. The van der Waals surface area contributed by atoms with E-state index < -0.39 is 15.3 Å². The molecule has 1 saturated carbocycles. The van der Waals surface area contributed by atoms with Crippen molar-refractivity contribution in [3.63, 3.8) is 0 Å². The molecule has 1 amide bonds. The number of piperidine rings is 1. The lowest BCUT2D eigenvalue weighted by Crippen LogP contribution is -2.50. The second-order valence-electron chi connectivity index (χ2n) is 6.03. The first kappa shape index (κ1) is 15.9. The van der Waals surface area contributed by atoms with Gasteiger partial charge in [-0.15, -0.1) is 11.3 Å². The molecule has 1 saturated heterocycles. The molecular formula is C14H21N3O3S2. The fraction of sp³-hybridized carbons (Fsp3) is 0.714. The van der Waals surface area contributed by atoms with Crippen LogP contribution in [-0.2, 0) is 10.0 Å². The standard InChI is InChI=1S/C14H21N3O3S2/c18-14(13-9-21-10-15-13)17-7-3-6-12(8-17)22(19,20)16-11-4-1-2-5-11/h9-12,16H,1-8H2. The normalized spacial score (nSPS) is 23.8. The van der Waals surface area contributed by atoms with Gasteiger partial charge in [-0.1, -0.05) is 12.8 Å². The minimum absolute atomic E-state index is 0.0784. The van der Waals surface area contributed by atoms with Gasteiger partial charge in [-0.2, -0.15) is 0 Å². The molecule has 1 aliphatic carbocycles. The van der Waals surface area contributed by atoms with E-state index in [1.165, 1.54) is 11.3 Å². The molecule has 0 bridgehead atoms. The lowest BCUT2D eigenvalue weighted by molar-refractivity contribution is 0.0721. The van der Waals surface area contributed by atoms with Crippen molar-refractivity contribution in [1.82, 2.24) is 14.6 Å². The smallest absolute Gasteiger partial charge is 0.273 e. The van der Waals surface area contributed by atoms with E-state index in [1.807, 2.05) is 0 Å². The molecule has 2 heterocycles. The zero-order chi connectivity index (χ0) is 15.6. The Morgan fingerprint density at radius 3 is 2.73 bits per heavy atom. The van der Waals surface area contributed by atoms with Crippen LogP contribution in [-0.4, -0.2) is 48.6 Å². The summed E-state index contributed by atoms with van der Waals surface area (Å²) in [5, 5.41) is 1.20. The number of likely N-dealkylation sites (tertiary alicyclic amines) is 1. The SMILES string of the molecule is O=C(c1cscn1)N1CCCC(S(=O)(=O)NC2CCCC2)C1. The highest BCUT2D eigenvalue weighted by molar-refractivity contribution is 7.90. The molecule has 122 valence electrons. The summed E-state index contributed by atoms with van der Waals surface area (Å²) in [5.41, 5.74) is 2.03. The summed E-state index contributed by atoms with van der Waals surface area (Å²) in [6.07, 6.45) is 5.36. The zero-order valence-corrected chi connectivity index (χ0v) is 14.0. The van der Waals surface area contributed by atoms with Gasteiger partial charge in [0.15, 0.2) is 0 Å². The largest absolute Gasteiger partial charge is 0.336 e. The van der Waals surface area contributed by atoms with Gasteiger partial charge < -0.3 is 4.90 Å². The van der Waals surface area contributed by atoms with Crippen molar-refractivity contribution in [2.24, 2.45) is 0 Å². The summed E-state index contributed by atoms with van der Waals surface area (Å²) < 4.78 is 27.9. The zero-order valence-electron chi connectivity index (χ0n) is 12.4. The van der Waals surface area contributed by atoms with Gasteiger partial charge >= 0.3 is 0 Å². The van der Waals surface area contributed by atoms with E-state index >= 15 is 0 Å². The molecule has 1 aromatic rings. The Bertz CT molecular complexity index is 609. The minimum atomic E-state index is -3.36. The Morgan fingerprint density at radius 2 is 2.05 bits per heavy atom. The number of amides is 1. The van der Waals surface area contributed by atoms with Crippen LogP contribution in [0.3, 0.4) is 0 Å². The van der Waals surface area contributed by atoms with Crippen molar-refractivity contribution in [3.05, 3.63) is 16.6 Å². The fourth-order valence-corrected chi connectivity index (χ4v) is 5.50. The van der Waals surface area contributed by atoms with Crippen LogP contribution in [0.15, 0.2) is 10.9 Å². The molecule has 1 aliphatic heterocycles. The molecule has 1 aromatic heterocycles. The number of carbonyl (C=O) groups is 1. The monoisotopic (exact) mass is 343 g/mol. The van der Waals surface area contributed by atoms with Crippen molar-refractivity contribution in [3.8, 4) is 0 Å². The number of hydrogen-bond acceptors (Lipinski definition) is 5. The molecule has 1 unspecified atom stereocenters. The lowest BCUT2D eigenvalue weighted by atomic mass is 10.1. The fourth-order valence-electron chi connectivity index (χ4n) is 3.23. The van der Waals surface area contributed by atoms with Crippen LogP contribution in [0.25, 0.3) is 0 Å². The molecule has 1 atom stereocenters. The number of carbonyl (C=O) groups excluding carboxylic acids is 1. The Balaban J connectivity index is 1.65. The van der Waals surface area contributed by atoms with Crippen molar-refractivity contribution in [2.45, 2.75) is 49.8 Å². The summed E-state index contributed by atoms with van der Waals surface area (Å²) in [6, 6.07) is 0.0784. The van der Waals surface area contributed by atoms with Crippen molar-refractivity contribution in [1.29, 1.82) is 0 Å². The summed E-state index contributed by atoms with van der Waals surface area (Å²) in [7, 11) is -3.36. The maximum Gasteiger partial charge on any atom is 0.273 e. The second kappa shape index (κ2) is 6.64. The predicted molar refractivity (Wildman–Crippen MR) is 85.4 cm³/mol. The molecule has 0 aromatic carbocycles. The van der Waals surface area contributed by atoms with Gasteiger partial charge in [0.2, 0.25) is 10.0 Å². The molecule has 6 nitrogen and oxygen atoms in total. The number of aromatic nitrogens is 1.